The standard InChI is InChI=1S/C4H6O7S.ClH/c5-3(6)1-2(4(7)8)12(9,10)11;/h2H,1H2,(H,5,6)(H,7,8)(H,9,10,11);1H. The maximum Gasteiger partial charge on any atom is 0.325 e. The van der Waals surface area contributed by atoms with Gasteiger partial charge in [0.15, 0.2) is 5.25 Å². The Morgan fingerprint density at radius 2 is 1.62 bits per heavy atom. The minimum atomic E-state index is -4.84. The lowest BCUT2D eigenvalue weighted by molar-refractivity contribution is -0.143. The Balaban J connectivity index is 0. The van der Waals surface area contributed by atoms with E-state index in [1.54, 1.807) is 0 Å². The van der Waals surface area contributed by atoms with E-state index in [1.165, 1.54) is 0 Å². The molecule has 0 saturated carbocycles. The third-order valence-corrected chi connectivity index (χ3v) is 2.08. The van der Waals surface area contributed by atoms with Crippen LogP contribution in [0.3, 0.4) is 0 Å². The van der Waals surface area contributed by atoms with Crippen molar-refractivity contribution in [2.24, 2.45) is 0 Å². The maximum atomic E-state index is 10.2. The first-order valence-corrected chi connectivity index (χ1v) is 4.16. The second-order valence-electron chi connectivity index (χ2n) is 1.94. The van der Waals surface area contributed by atoms with Gasteiger partial charge in [-0.05, 0) is 0 Å². The molecule has 0 aromatic carbocycles. The first kappa shape index (κ1) is 14.7. The van der Waals surface area contributed by atoms with Crippen molar-refractivity contribution in [3.63, 3.8) is 0 Å². The molecule has 0 heterocycles. The molecule has 0 bridgehead atoms. The van der Waals surface area contributed by atoms with Crippen molar-refractivity contribution in [3.05, 3.63) is 0 Å². The van der Waals surface area contributed by atoms with Crippen molar-refractivity contribution in [1.29, 1.82) is 0 Å². The summed E-state index contributed by atoms with van der Waals surface area (Å²) in [7, 11) is -4.84. The van der Waals surface area contributed by atoms with Crippen molar-refractivity contribution < 1.29 is 32.8 Å². The molecule has 0 aromatic heterocycles. The summed E-state index contributed by atoms with van der Waals surface area (Å²) in [5.41, 5.74) is 0. The average Bonchev–Trinajstić information content (AvgIpc) is 1.79. The fourth-order valence-electron chi connectivity index (χ4n) is 0.479. The van der Waals surface area contributed by atoms with Gasteiger partial charge in [-0.25, -0.2) is 0 Å². The molecule has 78 valence electrons. The Hall–Kier alpha value is -0.860. The summed E-state index contributed by atoms with van der Waals surface area (Å²) in [6, 6.07) is 0. The molecule has 13 heavy (non-hydrogen) atoms. The molecular weight excluding hydrogens is 228 g/mol. The molecule has 3 N–H and O–H groups in total. The zero-order valence-corrected chi connectivity index (χ0v) is 7.71. The fraction of sp³-hybridized carbons (Fsp3) is 0.500. The highest BCUT2D eigenvalue weighted by molar-refractivity contribution is 7.87. The van der Waals surface area contributed by atoms with E-state index in [4.69, 9.17) is 14.8 Å². The number of carbonyl (C=O) groups is 2. The fourth-order valence-corrected chi connectivity index (χ4v) is 1.09. The second-order valence-corrected chi connectivity index (χ2v) is 3.54. The zero-order chi connectivity index (χ0) is 9.94. The summed E-state index contributed by atoms with van der Waals surface area (Å²) >= 11 is 0. The molecule has 0 rings (SSSR count). The second kappa shape index (κ2) is 5.00. The molecule has 0 fully saturated rings. The highest BCUT2D eigenvalue weighted by Crippen LogP contribution is 2.04. The van der Waals surface area contributed by atoms with Gasteiger partial charge in [0.05, 0.1) is 6.42 Å². The summed E-state index contributed by atoms with van der Waals surface area (Å²) in [5.74, 6) is -3.50. The first-order chi connectivity index (χ1) is 5.25. The van der Waals surface area contributed by atoms with Crippen molar-refractivity contribution >= 4 is 34.5 Å². The van der Waals surface area contributed by atoms with Crippen LogP contribution in [0.2, 0.25) is 0 Å². The summed E-state index contributed by atoms with van der Waals surface area (Å²) in [4.78, 5) is 20.0. The van der Waals surface area contributed by atoms with Gasteiger partial charge in [-0.15, -0.1) is 12.4 Å². The van der Waals surface area contributed by atoms with Gasteiger partial charge in [0.1, 0.15) is 0 Å². The molecular formula is C4H7ClO7S. The van der Waals surface area contributed by atoms with Crippen LogP contribution < -0.4 is 0 Å². The van der Waals surface area contributed by atoms with Gasteiger partial charge in [-0.1, -0.05) is 0 Å². The van der Waals surface area contributed by atoms with Gasteiger partial charge in [0, 0.05) is 0 Å². The molecule has 7 nitrogen and oxygen atoms in total. The third kappa shape index (κ3) is 5.39. The van der Waals surface area contributed by atoms with E-state index < -0.39 is 33.7 Å². The third-order valence-electron chi connectivity index (χ3n) is 0.995. The predicted octanol–water partition coefficient (Wildman–Crippen LogP) is -0.776. The Labute approximate surface area is 79.5 Å². The highest BCUT2D eigenvalue weighted by Gasteiger charge is 2.33. The van der Waals surface area contributed by atoms with E-state index in [1.807, 2.05) is 0 Å². The molecule has 0 aliphatic heterocycles. The summed E-state index contributed by atoms with van der Waals surface area (Å²) in [5, 5.41) is 13.9. The van der Waals surface area contributed by atoms with Crippen LogP contribution in [-0.2, 0) is 19.7 Å². The zero-order valence-electron chi connectivity index (χ0n) is 6.08. The average molecular weight is 235 g/mol. The van der Waals surface area contributed by atoms with Gasteiger partial charge < -0.3 is 10.2 Å². The highest BCUT2D eigenvalue weighted by atomic mass is 35.5. The molecule has 0 aliphatic carbocycles. The maximum absolute atomic E-state index is 10.2. The van der Waals surface area contributed by atoms with E-state index in [2.05, 4.69) is 0 Å². The number of hydrogen-bond acceptors (Lipinski definition) is 4. The molecule has 0 spiro atoms. The van der Waals surface area contributed by atoms with Crippen LogP contribution in [0, 0.1) is 0 Å². The van der Waals surface area contributed by atoms with Crippen LogP contribution in [0.1, 0.15) is 6.42 Å². The molecule has 0 aromatic rings. The summed E-state index contributed by atoms with van der Waals surface area (Å²) < 4.78 is 28.7. The van der Waals surface area contributed by atoms with Crippen molar-refractivity contribution in [1.82, 2.24) is 0 Å². The predicted molar refractivity (Wildman–Crippen MR) is 42.5 cm³/mol. The van der Waals surface area contributed by atoms with E-state index in [0.717, 1.165) is 0 Å². The normalized spacial score (nSPS) is 12.7. The van der Waals surface area contributed by atoms with E-state index in [0.29, 0.717) is 0 Å². The number of rotatable bonds is 4. The molecule has 1 atom stereocenters. The van der Waals surface area contributed by atoms with Gasteiger partial charge >= 0.3 is 11.9 Å². The van der Waals surface area contributed by atoms with Crippen molar-refractivity contribution in [2.45, 2.75) is 11.7 Å². The number of carboxylic acid groups (broad SMARTS) is 2. The van der Waals surface area contributed by atoms with Crippen LogP contribution >= 0.6 is 12.4 Å². The molecule has 0 amide bonds. The Morgan fingerprint density at radius 1 is 1.23 bits per heavy atom. The van der Waals surface area contributed by atoms with Crippen LogP contribution in [0.15, 0.2) is 0 Å². The van der Waals surface area contributed by atoms with Crippen LogP contribution in [0.25, 0.3) is 0 Å². The topological polar surface area (TPSA) is 129 Å². The number of aliphatic carboxylic acids is 2. The molecule has 0 saturated heterocycles. The lowest BCUT2D eigenvalue weighted by Gasteiger charge is -2.04. The molecule has 9 heteroatoms. The van der Waals surface area contributed by atoms with Crippen LogP contribution in [0.4, 0.5) is 0 Å². The number of halogens is 1. The monoisotopic (exact) mass is 234 g/mol. The Kier molecular flexibility index (Phi) is 5.63. The van der Waals surface area contributed by atoms with Gasteiger partial charge in [0.25, 0.3) is 10.1 Å². The smallest absolute Gasteiger partial charge is 0.325 e. The quantitative estimate of drug-likeness (QED) is 0.544. The summed E-state index contributed by atoms with van der Waals surface area (Å²) in [6.45, 7) is 0. The number of carboxylic acids is 2. The SMILES string of the molecule is Cl.O=C(O)CC(C(=O)O)S(=O)(=O)O. The lowest BCUT2D eigenvalue weighted by Crippen LogP contribution is -2.31. The van der Waals surface area contributed by atoms with Crippen molar-refractivity contribution in [3.8, 4) is 0 Å². The van der Waals surface area contributed by atoms with Gasteiger partial charge in [-0.2, -0.15) is 8.42 Å². The van der Waals surface area contributed by atoms with E-state index in [-0.39, 0.29) is 12.4 Å². The summed E-state index contributed by atoms with van der Waals surface area (Å²) in [6.07, 6.45) is -1.16. The Bertz CT molecular complexity index is 294. The molecule has 0 radical (unpaired) electrons. The largest absolute Gasteiger partial charge is 0.481 e. The van der Waals surface area contributed by atoms with Crippen LogP contribution in [0.5, 0.6) is 0 Å². The Morgan fingerprint density at radius 3 is 1.69 bits per heavy atom. The molecule has 0 aliphatic rings. The number of hydrogen-bond donors (Lipinski definition) is 3. The first-order valence-electron chi connectivity index (χ1n) is 2.66. The van der Waals surface area contributed by atoms with E-state index in [9.17, 15) is 18.0 Å². The molecule has 1 unspecified atom stereocenters. The van der Waals surface area contributed by atoms with Crippen molar-refractivity contribution in [2.75, 3.05) is 0 Å². The minimum absolute atomic E-state index is 0. The van der Waals surface area contributed by atoms with Gasteiger partial charge in [0.2, 0.25) is 0 Å². The van der Waals surface area contributed by atoms with E-state index >= 15 is 0 Å². The lowest BCUT2D eigenvalue weighted by atomic mass is 10.3. The van der Waals surface area contributed by atoms with Crippen LogP contribution in [-0.4, -0.2) is 40.4 Å². The minimum Gasteiger partial charge on any atom is -0.481 e. The van der Waals surface area contributed by atoms with Gasteiger partial charge in [-0.3, -0.25) is 14.1 Å².